The molecule has 0 unspecified atom stereocenters. The molecule has 26 heavy (non-hydrogen) atoms. The maximum Gasteiger partial charge on any atom is 0.270 e. The van der Waals surface area contributed by atoms with Crippen molar-refractivity contribution in [2.75, 3.05) is 0 Å². The van der Waals surface area contributed by atoms with Crippen LogP contribution in [0.1, 0.15) is 31.8 Å². The fourth-order valence-electron chi connectivity index (χ4n) is 2.71. The van der Waals surface area contributed by atoms with E-state index in [-0.39, 0.29) is 21.6 Å². The molecule has 0 aliphatic carbocycles. The van der Waals surface area contributed by atoms with Gasteiger partial charge in [0.1, 0.15) is 0 Å². The van der Waals surface area contributed by atoms with Gasteiger partial charge in [0.2, 0.25) is 21.7 Å². The van der Waals surface area contributed by atoms with E-state index in [9.17, 15) is 28.1 Å². The van der Waals surface area contributed by atoms with Gasteiger partial charge in [-0.15, -0.1) is 0 Å². The van der Waals surface area contributed by atoms with Gasteiger partial charge in [0.15, 0.2) is 0 Å². The molecular weight excluding hydrogens is 362 g/mol. The molecule has 9 nitrogen and oxygen atoms in total. The van der Waals surface area contributed by atoms with Gasteiger partial charge in [0.05, 0.1) is 25.8 Å². The van der Waals surface area contributed by atoms with E-state index in [4.69, 9.17) is 11.5 Å². The second kappa shape index (κ2) is 6.56. The van der Waals surface area contributed by atoms with Gasteiger partial charge in [-0.1, -0.05) is 12.1 Å². The number of benzene rings is 2. The summed E-state index contributed by atoms with van der Waals surface area (Å²) in [6.45, 7) is 2.76. The quantitative estimate of drug-likeness (QED) is 0.588. The zero-order valence-electron chi connectivity index (χ0n) is 13.8. The van der Waals surface area contributed by atoms with Crippen LogP contribution in [0.15, 0.2) is 40.1 Å². The summed E-state index contributed by atoms with van der Waals surface area (Å²) in [5, 5.41) is 11.0. The predicted octanol–water partition coefficient (Wildman–Crippen LogP) is 1.24. The highest BCUT2D eigenvalue weighted by Gasteiger charge is 2.32. The van der Waals surface area contributed by atoms with Crippen LogP contribution in [0.5, 0.6) is 0 Å². The molecule has 2 aromatic carbocycles. The monoisotopic (exact) mass is 377 g/mol. The van der Waals surface area contributed by atoms with Crippen LogP contribution in [0, 0.1) is 24.0 Å². The molecule has 136 valence electrons. The second-order valence-corrected chi connectivity index (χ2v) is 7.40. The first kappa shape index (κ1) is 19.1. The molecule has 2 aromatic rings. The van der Waals surface area contributed by atoms with Crippen molar-refractivity contribution in [3.8, 4) is 0 Å². The number of nitrogens with two attached hydrogens (primary N) is 2. The molecule has 0 heterocycles. The van der Waals surface area contributed by atoms with Crippen molar-refractivity contribution in [1.29, 1.82) is 0 Å². The number of hydrogen-bond donors (Lipinski definition) is 2. The zero-order valence-corrected chi connectivity index (χ0v) is 14.7. The number of nitro groups is 1. The van der Waals surface area contributed by atoms with Crippen molar-refractivity contribution in [2.45, 2.75) is 23.6 Å². The molecule has 0 spiro atoms. The molecule has 0 aromatic heterocycles. The number of non-ortho nitro benzene ring substituents is 1. The Morgan fingerprint density at radius 1 is 0.962 bits per heavy atom. The molecule has 0 radical (unpaired) electrons. The SMILES string of the molecule is Cc1cccc(C(N)=O)c1S(=O)(=O)c1c(C)cc([N+](=O)[O-])cc1C(N)=O. The Bertz CT molecular complexity index is 1060. The highest BCUT2D eigenvalue weighted by atomic mass is 32.2. The molecule has 0 saturated heterocycles. The number of carbonyl (C=O) groups excluding carboxylic acids is 2. The number of carbonyl (C=O) groups is 2. The average molecular weight is 377 g/mol. The van der Waals surface area contributed by atoms with Crippen LogP contribution in [0.25, 0.3) is 0 Å². The Morgan fingerprint density at radius 2 is 1.50 bits per heavy atom. The fraction of sp³-hybridized carbons (Fsp3) is 0.125. The third-order valence-electron chi connectivity index (χ3n) is 3.75. The van der Waals surface area contributed by atoms with Crippen molar-refractivity contribution in [3.05, 3.63) is 62.7 Å². The Hall–Kier alpha value is -3.27. The van der Waals surface area contributed by atoms with Gasteiger partial charge in [0, 0.05) is 12.1 Å². The maximum atomic E-state index is 13.2. The maximum absolute atomic E-state index is 13.2. The van der Waals surface area contributed by atoms with Crippen LogP contribution >= 0.6 is 0 Å². The highest BCUT2D eigenvalue weighted by Crippen LogP contribution is 2.33. The van der Waals surface area contributed by atoms with E-state index >= 15 is 0 Å². The van der Waals surface area contributed by atoms with E-state index in [2.05, 4.69) is 0 Å². The number of rotatable bonds is 5. The number of hydrogen-bond acceptors (Lipinski definition) is 6. The number of amides is 2. The first-order valence-corrected chi connectivity index (χ1v) is 8.70. The minimum Gasteiger partial charge on any atom is -0.366 e. The molecule has 0 aliphatic rings. The Kier molecular flexibility index (Phi) is 4.81. The largest absolute Gasteiger partial charge is 0.366 e. The van der Waals surface area contributed by atoms with Gasteiger partial charge < -0.3 is 11.5 Å². The van der Waals surface area contributed by atoms with Crippen molar-refractivity contribution in [2.24, 2.45) is 11.5 Å². The summed E-state index contributed by atoms with van der Waals surface area (Å²) in [4.78, 5) is 32.8. The molecule has 0 saturated carbocycles. The minimum absolute atomic E-state index is 0.0494. The molecule has 4 N–H and O–H groups in total. The first-order valence-electron chi connectivity index (χ1n) is 7.21. The van der Waals surface area contributed by atoms with E-state index in [1.54, 1.807) is 0 Å². The average Bonchev–Trinajstić information content (AvgIpc) is 2.52. The summed E-state index contributed by atoms with van der Waals surface area (Å²) in [6.07, 6.45) is 0. The topological polar surface area (TPSA) is 163 Å². The van der Waals surface area contributed by atoms with Gasteiger partial charge in [0.25, 0.3) is 5.69 Å². The molecule has 2 rings (SSSR count). The Morgan fingerprint density at radius 3 is 2.00 bits per heavy atom. The highest BCUT2D eigenvalue weighted by molar-refractivity contribution is 7.91. The van der Waals surface area contributed by atoms with Crippen molar-refractivity contribution in [1.82, 2.24) is 0 Å². The van der Waals surface area contributed by atoms with Gasteiger partial charge in [-0.3, -0.25) is 19.7 Å². The second-order valence-electron chi connectivity index (χ2n) is 5.58. The lowest BCUT2D eigenvalue weighted by Crippen LogP contribution is -2.22. The Balaban J connectivity index is 2.95. The summed E-state index contributed by atoms with van der Waals surface area (Å²) in [5.41, 5.74) is 9.44. The van der Waals surface area contributed by atoms with Crippen molar-refractivity contribution >= 4 is 27.3 Å². The standard InChI is InChI=1S/C16H15N3O6S/c1-8-4-3-5-11(15(17)20)13(8)26(24,25)14-9(2)6-10(19(22)23)7-12(14)16(18)21/h3-7H,1-2H3,(H2,17,20)(H2,18,21). The predicted molar refractivity (Wildman–Crippen MR) is 91.5 cm³/mol. The van der Waals surface area contributed by atoms with Gasteiger partial charge in [-0.25, -0.2) is 8.42 Å². The summed E-state index contributed by atoms with van der Waals surface area (Å²) in [5.74, 6) is -2.11. The number of aryl methyl sites for hydroxylation is 2. The lowest BCUT2D eigenvalue weighted by molar-refractivity contribution is -0.385. The fourth-order valence-corrected chi connectivity index (χ4v) is 4.79. The van der Waals surface area contributed by atoms with Crippen LogP contribution in [0.2, 0.25) is 0 Å². The van der Waals surface area contributed by atoms with E-state index in [1.165, 1.54) is 32.0 Å². The van der Waals surface area contributed by atoms with E-state index in [0.717, 1.165) is 12.1 Å². The summed E-state index contributed by atoms with van der Waals surface area (Å²) in [6, 6.07) is 5.98. The zero-order chi connectivity index (χ0) is 19.8. The summed E-state index contributed by atoms with van der Waals surface area (Å²) >= 11 is 0. The van der Waals surface area contributed by atoms with Gasteiger partial charge in [-0.05, 0) is 31.0 Å². The molecule has 10 heteroatoms. The number of sulfone groups is 1. The first-order chi connectivity index (χ1) is 12.0. The van der Waals surface area contributed by atoms with Crippen LogP contribution in [-0.2, 0) is 9.84 Å². The molecule has 0 atom stereocenters. The minimum atomic E-state index is -4.42. The van der Waals surface area contributed by atoms with E-state index in [0.29, 0.717) is 0 Å². The number of nitrogens with zero attached hydrogens (tertiary/aromatic N) is 1. The van der Waals surface area contributed by atoms with Gasteiger partial charge >= 0.3 is 0 Å². The molecular formula is C16H15N3O6S. The van der Waals surface area contributed by atoms with Gasteiger partial charge in [-0.2, -0.15) is 0 Å². The van der Waals surface area contributed by atoms with Crippen molar-refractivity contribution < 1.29 is 22.9 Å². The number of primary amides is 2. The van der Waals surface area contributed by atoms with Crippen LogP contribution in [0.3, 0.4) is 0 Å². The summed E-state index contributed by atoms with van der Waals surface area (Å²) < 4.78 is 26.4. The van der Waals surface area contributed by atoms with Crippen LogP contribution in [-0.4, -0.2) is 25.2 Å². The molecule has 0 bridgehead atoms. The third-order valence-corrected chi connectivity index (χ3v) is 5.91. The lowest BCUT2D eigenvalue weighted by Gasteiger charge is -2.15. The molecule has 2 amide bonds. The summed E-state index contributed by atoms with van der Waals surface area (Å²) in [7, 11) is -4.42. The molecule has 0 fully saturated rings. The normalized spacial score (nSPS) is 11.2. The third kappa shape index (κ3) is 3.14. The molecule has 0 aliphatic heterocycles. The van der Waals surface area contributed by atoms with Crippen molar-refractivity contribution in [3.63, 3.8) is 0 Å². The van der Waals surface area contributed by atoms with E-state index in [1.807, 2.05) is 0 Å². The Labute approximate surface area is 148 Å². The smallest absolute Gasteiger partial charge is 0.270 e. The van der Waals surface area contributed by atoms with Crippen LogP contribution < -0.4 is 11.5 Å². The number of nitro benzene ring substituents is 1. The van der Waals surface area contributed by atoms with E-state index < -0.39 is 42.7 Å². The lowest BCUT2D eigenvalue weighted by atomic mass is 10.1. The van der Waals surface area contributed by atoms with Crippen LogP contribution in [0.4, 0.5) is 5.69 Å².